The van der Waals surface area contributed by atoms with Gasteiger partial charge in [-0.1, -0.05) is 0 Å². The minimum Gasteiger partial charge on any atom is -0.396 e. The number of amides is 1. The molecule has 1 atom stereocenters. The van der Waals surface area contributed by atoms with Gasteiger partial charge in [-0.2, -0.15) is 0 Å². The summed E-state index contributed by atoms with van der Waals surface area (Å²) in [6, 6.07) is 0. The molecule has 4 heteroatoms. The number of aliphatic hydroxyl groups is 1. The second-order valence-electron chi connectivity index (χ2n) is 2.52. The maximum atomic E-state index is 10.7. The van der Waals surface area contributed by atoms with Gasteiger partial charge in [-0.3, -0.25) is 10.2 Å². The molecule has 10 heavy (non-hydrogen) atoms. The Balaban J connectivity index is 2.33. The lowest BCUT2D eigenvalue weighted by Gasteiger charge is -2.07. The Hall–Kier alpha value is -0.610. The summed E-state index contributed by atoms with van der Waals surface area (Å²) in [6.07, 6.45) is 1.29. The van der Waals surface area contributed by atoms with Crippen molar-refractivity contribution in [3.05, 3.63) is 0 Å². The summed E-state index contributed by atoms with van der Waals surface area (Å²) in [6.45, 7) is 0.824. The predicted octanol–water partition coefficient (Wildman–Crippen LogP) is -0.991. The molecule has 1 aliphatic rings. The van der Waals surface area contributed by atoms with Crippen LogP contribution in [-0.2, 0) is 4.79 Å². The van der Waals surface area contributed by atoms with E-state index in [1.54, 1.807) is 0 Å². The van der Waals surface area contributed by atoms with Crippen molar-refractivity contribution >= 4 is 5.91 Å². The summed E-state index contributed by atoms with van der Waals surface area (Å²) in [4.78, 5) is 10.7. The van der Waals surface area contributed by atoms with Crippen molar-refractivity contribution in [2.75, 3.05) is 13.2 Å². The van der Waals surface area contributed by atoms with E-state index in [1.807, 2.05) is 0 Å². The molecule has 0 aromatic heterocycles. The number of carbonyl (C=O) groups excluding carboxylic acids is 1. The fourth-order valence-electron chi connectivity index (χ4n) is 0.950. The van der Waals surface area contributed by atoms with Gasteiger partial charge < -0.3 is 5.11 Å². The van der Waals surface area contributed by atoms with Crippen molar-refractivity contribution in [2.45, 2.75) is 12.8 Å². The molecule has 0 aromatic rings. The zero-order valence-electron chi connectivity index (χ0n) is 5.76. The highest BCUT2D eigenvalue weighted by molar-refractivity contribution is 5.75. The van der Waals surface area contributed by atoms with Crippen LogP contribution in [0.3, 0.4) is 0 Å². The number of hydrogen-bond acceptors (Lipinski definition) is 3. The summed E-state index contributed by atoms with van der Waals surface area (Å²) < 4.78 is 0. The van der Waals surface area contributed by atoms with E-state index in [0.717, 1.165) is 6.42 Å². The summed E-state index contributed by atoms with van der Waals surface area (Å²) in [7, 11) is 0. The molecule has 1 saturated heterocycles. The topological polar surface area (TPSA) is 61.4 Å². The van der Waals surface area contributed by atoms with Gasteiger partial charge in [-0.25, -0.2) is 5.43 Å². The van der Waals surface area contributed by atoms with Gasteiger partial charge in [0.1, 0.15) is 0 Å². The summed E-state index contributed by atoms with van der Waals surface area (Å²) in [5, 5.41) is 8.72. The predicted molar refractivity (Wildman–Crippen MR) is 36.0 cm³/mol. The van der Waals surface area contributed by atoms with Crippen molar-refractivity contribution in [1.82, 2.24) is 10.9 Å². The first-order chi connectivity index (χ1) is 4.83. The Morgan fingerprint density at radius 1 is 1.70 bits per heavy atom. The fraction of sp³-hybridized carbons (Fsp3) is 0.833. The van der Waals surface area contributed by atoms with E-state index in [9.17, 15) is 4.79 Å². The second kappa shape index (κ2) is 3.53. The second-order valence-corrected chi connectivity index (χ2v) is 2.52. The van der Waals surface area contributed by atoms with Crippen LogP contribution < -0.4 is 10.9 Å². The summed E-state index contributed by atoms with van der Waals surface area (Å²) in [5.41, 5.74) is 5.25. The van der Waals surface area contributed by atoms with Gasteiger partial charge in [0, 0.05) is 19.6 Å². The maximum absolute atomic E-state index is 10.7. The lowest BCUT2D eigenvalue weighted by Crippen LogP contribution is -2.37. The van der Waals surface area contributed by atoms with E-state index < -0.39 is 0 Å². The molecule has 1 rings (SSSR count). The van der Waals surface area contributed by atoms with E-state index in [1.165, 1.54) is 0 Å². The summed E-state index contributed by atoms with van der Waals surface area (Å²) >= 11 is 0. The number of carbonyl (C=O) groups is 1. The molecule has 1 fully saturated rings. The lowest BCUT2D eigenvalue weighted by atomic mass is 10.1. The molecule has 58 valence electrons. The summed E-state index contributed by atoms with van der Waals surface area (Å²) in [5.74, 6) is 0.231. The van der Waals surface area contributed by atoms with Crippen LogP contribution in [0.15, 0.2) is 0 Å². The van der Waals surface area contributed by atoms with Gasteiger partial charge in [0.2, 0.25) is 5.91 Å². The van der Waals surface area contributed by atoms with Gasteiger partial charge in [0.15, 0.2) is 0 Å². The Kier molecular flexibility index (Phi) is 2.65. The third kappa shape index (κ3) is 1.97. The lowest BCUT2D eigenvalue weighted by molar-refractivity contribution is -0.121. The fourth-order valence-corrected chi connectivity index (χ4v) is 0.950. The third-order valence-corrected chi connectivity index (χ3v) is 1.66. The Labute approximate surface area is 59.6 Å². The number of hydrazine groups is 1. The van der Waals surface area contributed by atoms with Crippen molar-refractivity contribution in [3.8, 4) is 0 Å². The first-order valence-electron chi connectivity index (χ1n) is 3.45. The molecule has 1 unspecified atom stereocenters. The number of aliphatic hydroxyl groups excluding tert-OH is 1. The zero-order valence-corrected chi connectivity index (χ0v) is 5.76. The molecular formula is C6H12N2O2. The molecule has 0 spiro atoms. The van der Waals surface area contributed by atoms with Crippen LogP contribution in [0.1, 0.15) is 12.8 Å². The van der Waals surface area contributed by atoms with Crippen LogP contribution >= 0.6 is 0 Å². The highest BCUT2D eigenvalue weighted by atomic mass is 16.3. The Morgan fingerprint density at radius 2 is 2.50 bits per heavy atom. The first-order valence-corrected chi connectivity index (χ1v) is 3.45. The van der Waals surface area contributed by atoms with Crippen LogP contribution in [0.2, 0.25) is 0 Å². The van der Waals surface area contributed by atoms with Crippen LogP contribution in [0, 0.1) is 5.92 Å². The Bertz CT molecular complexity index is 127. The quantitative estimate of drug-likeness (QED) is 0.443. The van der Waals surface area contributed by atoms with Crippen LogP contribution in [0.5, 0.6) is 0 Å². The van der Waals surface area contributed by atoms with Crippen molar-refractivity contribution < 1.29 is 9.90 Å². The standard InChI is InChI=1S/C6H12N2O2/c9-4-5-1-2-6(10)8-7-3-5/h5,7,9H,1-4H2,(H,8,10). The van der Waals surface area contributed by atoms with Crippen LogP contribution in [0.25, 0.3) is 0 Å². The van der Waals surface area contributed by atoms with Crippen LogP contribution in [0.4, 0.5) is 0 Å². The number of nitrogens with one attached hydrogen (secondary N) is 2. The molecule has 0 aliphatic carbocycles. The van der Waals surface area contributed by atoms with Crippen molar-refractivity contribution in [2.24, 2.45) is 5.92 Å². The number of hydrogen-bond donors (Lipinski definition) is 3. The van der Waals surface area contributed by atoms with E-state index in [2.05, 4.69) is 10.9 Å². The number of rotatable bonds is 1. The van der Waals surface area contributed by atoms with Crippen molar-refractivity contribution in [3.63, 3.8) is 0 Å². The maximum Gasteiger partial charge on any atom is 0.234 e. The average Bonchev–Trinajstić information content (AvgIpc) is 2.14. The van der Waals surface area contributed by atoms with Gasteiger partial charge in [0.25, 0.3) is 0 Å². The molecule has 0 radical (unpaired) electrons. The van der Waals surface area contributed by atoms with Gasteiger partial charge >= 0.3 is 0 Å². The monoisotopic (exact) mass is 144 g/mol. The van der Waals surface area contributed by atoms with Crippen molar-refractivity contribution in [1.29, 1.82) is 0 Å². The minimum atomic E-state index is 0.0101. The SMILES string of the molecule is O=C1CCC(CO)CNN1. The molecule has 1 heterocycles. The molecule has 1 aliphatic heterocycles. The van der Waals surface area contributed by atoms with E-state index in [-0.39, 0.29) is 18.4 Å². The first kappa shape index (κ1) is 7.50. The van der Waals surface area contributed by atoms with Gasteiger partial charge in [-0.05, 0) is 12.3 Å². The minimum absolute atomic E-state index is 0.0101. The average molecular weight is 144 g/mol. The molecule has 0 bridgehead atoms. The van der Waals surface area contributed by atoms with Crippen LogP contribution in [-0.4, -0.2) is 24.2 Å². The normalized spacial score (nSPS) is 27.3. The highest BCUT2D eigenvalue weighted by Crippen LogP contribution is 2.05. The zero-order chi connectivity index (χ0) is 7.40. The van der Waals surface area contributed by atoms with E-state index in [4.69, 9.17) is 5.11 Å². The highest BCUT2D eigenvalue weighted by Gasteiger charge is 2.13. The largest absolute Gasteiger partial charge is 0.396 e. The Morgan fingerprint density at radius 3 is 3.20 bits per heavy atom. The van der Waals surface area contributed by atoms with Gasteiger partial charge in [-0.15, -0.1) is 0 Å². The molecule has 0 saturated carbocycles. The molecular weight excluding hydrogens is 132 g/mol. The van der Waals surface area contributed by atoms with E-state index >= 15 is 0 Å². The molecule has 1 amide bonds. The third-order valence-electron chi connectivity index (χ3n) is 1.66. The van der Waals surface area contributed by atoms with E-state index in [0.29, 0.717) is 13.0 Å². The molecule has 0 aromatic carbocycles. The smallest absolute Gasteiger partial charge is 0.234 e. The molecule has 3 N–H and O–H groups in total. The van der Waals surface area contributed by atoms with Gasteiger partial charge in [0.05, 0.1) is 0 Å². The molecule has 4 nitrogen and oxygen atoms in total.